The molecule has 1 aliphatic carbocycles. The van der Waals surface area contributed by atoms with E-state index in [1.807, 2.05) is 13.0 Å². The number of benzene rings is 2. The molecule has 1 aliphatic rings. The van der Waals surface area contributed by atoms with Crippen molar-refractivity contribution in [1.82, 2.24) is 10.6 Å². The van der Waals surface area contributed by atoms with Crippen molar-refractivity contribution in [2.75, 3.05) is 6.54 Å². The Bertz CT molecular complexity index is 838. The van der Waals surface area contributed by atoms with Crippen LogP contribution in [0.3, 0.4) is 0 Å². The van der Waals surface area contributed by atoms with Crippen LogP contribution in [-0.4, -0.2) is 19.0 Å². The van der Waals surface area contributed by atoms with Crippen molar-refractivity contribution < 1.29 is 9.18 Å². The van der Waals surface area contributed by atoms with Crippen LogP contribution in [0.25, 0.3) is 0 Å². The maximum Gasteiger partial charge on any atom is 0.207 e. The lowest BCUT2D eigenvalue weighted by Crippen LogP contribution is -2.46. The predicted molar refractivity (Wildman–Crippen MR) is 126 cm³/mol. The number of hydrogen-bond acceptors (Lipinski definition) is 2. The van der Waals surface area contributed by atoms with Gasteiger partial charge in [0.25, 0.3) is 0 Å². The van der Waals surface area contributed by atoms with Gasteiger partial charge in [0.15, 0.2) is 0 Å². The van der Waals surface area contributed by atoms with Crippen LogP contribution in [0.4, 0.5) is 4.39 Å². The Labute approximate surface area is 186 Å². The van der Waals surface area contributed by atoms with E-state index in [-0.39, 0.29) is 17.4 Å². The highest BCUT2D eigenvalue weighted by molar-refractivity contribution is 5.47. The summed E-state index contributed by atoms with van der Waals surface area (Å²) < 4.78 is 13.8. The molecule has 1 saturated carbocycles. The zero-order valence-electron chi connectivity index (χ0n) is 19.2. The Hall–Kier alpha value is -2.20. The van der Waals surface area contributed by atoms with Crippen molar-refractivity contribution in [2.45, 2.75) is 83.2 Å². The minimum Gasteiger partial charge on any atom is -0.356 e. The van der Waals surface area contributed by atoms with Crippen molar-refractivity contribution in [3.63, 3.8) is 0 Å². The second-order valence-corrected chi connectivity index (χ2v) is 9.46. The van der Waals surface area contributed by atoms with Gasteiger partial charge in [0.1, 0.15) is 5.82 Å². The molecule has 2 aromatic rings. The molecule has 3 rings (SSSR count). The summed E-state index contributed by atoms with van der Waals surface area (Å²) in [6, 6.07) is 14.1. The van der Waals surface area contributed by atoms with Crippen LogP contribution in [0.2, 0.25) is 0 Å². The van der Waals surface area contributed by atoms with Gasteiger partial charge >= 0.3 is 0 Å². The minimum absolute atomic E-state index is 0.00429. The Morgan fingerprint density at radius 2 is 1.87 bits per heavy atom. The number of carbonyl (C=O) groups excluding carboxylic acids is 1. The lowest BCUT2D eigenvalue weighted by atomic mass is 9.75. The van der Waals surface area contributed by atoms with Crippen molar-refractivity contribution in [3.8, 4) is 0 Å². The number of halogens is 1. The van der Waals surface area contributed by atoms with Crippen molar-refractivity contribution in [2.24, 2.45) is 0 Å². The van der Waals surface area contributed by atoms with Gasteiger partial charge in [-0.3, -0.25) is 4.79 Å². The normalized spacial score (nSPS) is 16.8. The summed E-state index contributed by atoms with van der Waals surface area (Å²) in [7, 11) is 0. The highest BCUT2D eigenvalue weighted by atomic mass is 19.1. The van der Waals surface area contributed by atoms with E-state index in [1.54, 1.807) is 6.07 Å². The molecule has 168 valence electrons. The molecule has 4 heteroatoms. The van der Waals surface area contributed by atoms with E-state index in [9.17, 15) is 9.18 Å². The predicted octanol–water partition coefficient (Wildman–Crippen LogP) is 5.75. The minimum atomic E-state index is -0.218. The quantitative estimate of drug-likeness (QED) is 0.477. The lowest BCUT2D eigenvalue weighted by Gasteiger charge is -2.40. The highest BCUT2D eigenvalue weighted by Gasteiger charge is 2.33. The Balaban J connectivity index is 1.70. The molecule has 1 fully saturated rings. The first-order valence-corrected chi connectivity index (χ1v) is 11.7. The second-order valence-electron chi connectivity index (χ2n) is 9.46. The molecule has 0 unspecified atom stereocenters. The van der Waals surface area contributed by atoms with Crippen molar-refractivity contribution in [1.29, 1.82) is 0 Å². The first-order valence-electron chi connectivity index (χ1n) is 11.7. The topological polar surface area (TPSA) is 41.1 Å². The van der Waals surface area contributed by atoms with E-state index < -0.39 is 0 Å². The van der Waals surface area contributed by atoms with Crippen molar-refractivity contribution in [3.05, 3.63) is 70.5 Å². The number of hydrogen-bond donors (Lipinski definition) is 2. The van der Waals surface area contributed by atoms with Crippen molar-refractivity contribution >= 4 is 6.41 Å². The van der Waals surface area contributed by atoms with Gasteiger partial charge < -0.3 is 10.6 Å². The summed E-state index contributed by atoms with van der Waals surface area (Å²) in [5.41, 5.74) is 4.60. The number of amides is 1. The van der Waals surface area contributed by atoms with Crippen LogP contribution in [0.1, 0.15) is 80.5 Å². The molecular weight excluding hydrogens is 387 g/mol. The summed E-state index contributed by atoms with van der Waals surface area (Å²) in [4.78, 5) is 11.2. The number of nitrogens with one attached hydrogen (secondary N) is 2. The lowest BCUT2D eigenvalue weighted by molar-refractivity contribution is -0.110. The van der Waals surface area contributed by atoms with Gasteiger partial charge in [-0.05, 0) is 79.5 Å². The molecule has 2 N–H and O–H groups in total. The van der Waals surface area contributed by atoms with Gasteiger partial charge in [-0.1, -0.05) is 63.4 Å². The molecular formula is C27H37FN2O. The Morgan fingerprint density at radius 1 is 1.10 bits per heavy atom. The molecule has 2 aromatic carbocycles. The maximum absolute atomic E-state index is 13.8. The largest absolute Gasteiger partial charge is 0.356 e. The fourth-order valence-electron chi connectivity index (χ4n) is 4.96. The molecule has 0 spiro atoms. The summed E-state index contributed by atoms with van der Waals surface area (Å²) in [6.07, 6.45) is 8.25. The molecule has 0 bridgehead atoms. The SMILES string of the molecule is Cc1cc(F)cc(C[C@@H](CCNC2(c3cccc(C(C)C)c3)CCCCC2)NC=O)c1. The van der Waals surface area contributed by atoms with Crippen LogP contribution in [0.5, 0.6) is 0 Å². The van der Waals surface area contributed by atoms with E-state index in [0.717, 1.165) is 43.3 Å². The maximum atomic E-state index is 13.8. The van der Waals surface area contributed by atoms with Gasteiger partial charge in [-0.15, -0.1) is 0 Å². The van der Waals surface area contributed by atoms with Crippen LogP contribution in [0, 0.1) is 12.7 Å². The third kappa shape index (κ3) is 6.39. The van der Waals surface area contributed by atoms with Gasteiger partial charge in [0.2, 0.25) is 6.41 Å². The number of rotatable bonds is 10. The summed E-state index contributed by atoms with van der Waals surface area (Å²) >= 11 is 0. The molecule has 31 heavy (non-hydrogen) atoms. The summed E-state index contributed by atoms with van der Waals surface area (Å²) in [5.74, 6) is 0.292. The third-order valence-electron chi connectivity index (χ3n) is 6.66. The molecule has 1 atom stereocenters. The average molecular weight is 425 g/mol. The van der Waals surface area contributed by atoms with E-state index in [2.05, 4.69) is 48.7 Å². The van der Waals surface area contributed by atoms with Gasteiger partial charge in [0, 0.05) is 11.6 Å². The third-order valence-corrected chi connectivity index (χ3v) is 6.66. The monoisotopic (exact) mass is 424 g/mol. The van der Waals surface area contributed by atoms with Crippen LogP contribution >= 0.6 is 0 Å². The summed E-state index contributed by atoms with van der Waals surface area (Å²) in [5, 5.41) is 6.83. The molecule has 1 amide bonds. The standard InChI is InChI=1S/C27H37FN2O/c1-20(2)23-8-7-9-24(18-23)27(11-5-4-6-12-27)30-13-10-26(29-19-31)17-22-14-21(3)15-25(28)16-22/h7-9,14-16,18-20,26,30H,4-6,10-13,17H2,1-3H3,(H,29,31)/t26-/m1/s1. The number of carbonyl (C=O) groups is 1. The van der Waals surface area contributed by atoms with Gasteiger partial charge in [0.05, 0.1) is 0 Å². The van der Waals surface area contributed by atoms with Crippen LogP contribution in [-0.2, 0) is 16.8 Å². The molecule has 0 radical (unpaired) electrons. The Morgan fingerprint density at radius 3 is 2.55 bits per heavy atom. The van der Waals surface area contributed by atoms with Gasteiger partial charge in [-0.2, -0.15) is 0 Å². The zero-order valence-corrected chi connectivity index (χ0v) is 19.2. The van der Waals surface area contributed by atoms with Crippen LogP contribution < -0.4 is 10.6 Å². The molecule has 0 aliphatic heterocycles. The fourth-order valence-corrected chi connectivity index (χ4v) is 4.96. The molecule has 3 nitrogen and oxygen atoms in total. The first kappa shape index (κ1) is 23.5. The fraction of sp³-hybridized carbons (Fsp3) is 0.519. The average Bonchev–Trinajstić information content (AvgIpc) is 2.74. The molecule has 0 aromatic heterocycles. The van der Waals surface area contributed by atoms with E-state index in [4.69, 9.17) is 0 Å². The smallest absolute Gasteiger partial charge is 0.207 e. The second kappa shape index (κ2) is 10.9. The van der Waals surface area contributed by atoms with E-state index in [1.165, 1.54) is 36.5 Å². The van der Waals surface area contributed by atoms with E-state index in [0.29, 0.717) is 12.3 Å². The van der Waals surface area contributed by atoms with E-state index >= 15 is 0 Å². The molecule has 0 saturated heterocycles. The Kier molecular flexibility index (Phi) is 8.25. The summed E-state index contributed by atoms with van der Waals surface area (Å²) in [6.45, 7) is 7.19. The molecule has 0 heterocycles. The number of aryl methyl sites for hydroxylation is 1. The zero-order chi connectivity index (χ0) is 22.3. The van der Waals surface area contributed by atoms with Crippen LogP contribution in [0.15, 0.2) is 42.5 Å². The first-order chi connectivity index (χ1) is 14.9. The highest BCUT2D eigenvalue weighted by Crippen LogP contribution is 2.38. The van der Waals surface area contributed by atoms with Gasteiger partial charge in [-0.25, -0.2) is 4.39 Å².